The number of hydrogen-bond acceptors (Lipinski definition) is 8. The maximum Gasteiger partial charge on any atom is 0.251 e. The van der Waals surface area contributed by atoms with E-state index in [2.05, 4.69) is 47.3 Å². The maximum absolute atomic E-state index is 15.2. The molecule has 40 heavy (non-hydrogen) atoms. The molecule has 2 aliphatic heterocycles. The first-order valence-corrected chi connectivity index (χ1v) is 13.5. The lowest BCUT2D eigenvalue weighted by Crippen LogP contribution is -2.45. The van der Waals surface area contributed by atoms with Gasteiger partial charge in [0, 0.05) is 62.6 Å². The van der Waals surface area contributed by atoms with Crippen LogP contribution >= 0.6 is 0 Å². The number of nitrogens with one attached hydrogen (secondary N) is 2. The number of benzene rings is 1. The molecule has 1 atom stereocenters. The number of anilines is 2. The molecule has 0 spiro atoms. The molecule has 2 N–H and O–H groups in total. The fourth-order valence-electron chi connectivity index (χ4n) is 5.53. The number of likely N-dealkylation sites (N-methyl/N-ethyl adjacent to an activating group) is 1. The van der Waals surface area contributed by atoms with Crippen LogP contribution in [0, 0.1) is 18.6 Å². The Bertz CT molecular complexity index is 1600. The lowest BCUT2D eigenvalue weighted by atomic mass is 10.1. The summed E-state index contributed by atoms with van der Waals surface area (Å²) < 4.78 is 32.0. The number of hydrogen-bond donors (Lipinski definition) is 2. The zero-order chi connectivity index (χ0) is 28.0. The first kappa shape index (κ1) is 26.2. The van der Waals surface area contributed by atoms with E-state index in [1.807, 2.05) is 11.5 Å². The molecule has 10 nitrogen and oxygen atoms in total. The summed E-state index contributed by atoms with van der Waals surface area (Å²) in [5, 5.41) is 6.04. The summed E-state index contributed by atoms with van der Waals surface area (Å²) in [5.74, 6) is -0.511. The van der Waals surface area contributed by atoms with Crippen LogP contribution in [-0.4, -0.2) is 79.5 Å². The fourth-order valence-corrected chi connectivity index (χ4v) is 5.53. The molecule has 1 aromatic carbocycles. The van der Waals surface area contributed by atoms with Gasteiger partial charge in [0.1, 0.15) is 22.9 Å². The average molecular weight is 548 g/mol. The van der Waals surface area contributed by atoms with Crippen molar-refractivity contribution >= 4 is 28.7 Å². The molecule has 1 unspecified atom stereocenters. The summed E-state index contributed by atoms with van der Waals surface area (Å²) in [6.07, 6.45) is 2.73. The first-order chi connectivity index (χ1) is 19.3. The molecule has 6 bridgehead atoms. The van der Waals surface area contributed by atoms with E-state index < -0.39 is 11.6 Å². The second-order valence-electron chi connectivity index (χ2n) is 10.4. The quantitative estimate of drug-likeness (QED) is 0.401. The highest BCUT2D eigenvalue weighted by Gasteiger charge is 2.23. The molecule has 2 aliphatic rings. The Morgan fingerprint density at radius 3 is 2.55 bits per heavy atom. The number of piperazine rings is 1. The van der Waals surface area contributed by atoms with Gasteiger partial charge in [0.05, 0.1) is 11.7 Å². The second kappa shape index (κ2) is 10.5. The number of imidazole rings is 1. The van der Waals surface area contributed by atoms with Crippen molar-refractivity contribution in [1.82, 2.24) is 39.6 Å². The van der Waals surface area contributed by atoms with Crippen molar-refractivity contribution in [2.75, 3.05) is 44.6 Å². The van der Waals surface area contributed by atoms with Crippen LogP contribution in [0.5, 0.6) is 0 Å². The first-order valence-electron chi connectivity index (χ1n) is 13.5. The molecule has 1 amide bonds. The molecule has 0 saturated carbocycles. The molecule has 1 saturated heterocycles. The molecule has 4 aromatic rings. The van der Waals surface area contributed by atoms with Crippen molar-refractivity contribution in [3.05, 3.63) is 59.2 Å². The van der Waals surface area contributed by atoms with Gasteiger partial charge in [0.2, 0.25) is 5.95 Å². The third-order valence-corrected chi connectivity index (χ3v) is 7.72. The minimum absolute atomic E-state index is 0.0523. The van der Waals surface area contributed by atoms with Gasteiger partial charge in [-0.3, -0.25) is 9.69 Å². The predicted octanol–water partition coefficient (Wildman–Crippen LogP) is 3.66. The molecule has 1 fully saturated rings. The summed E-state index contributed by atoms with van der Waals surface area (Å²) in [4.78, 5) is 35.6. The van der Waals surface area contributed by atoms with E-state index in [4.69, 9.17) is 0 Å². The average Bonchev–Trinajstić information content (AvgIpc) is 3.29. The van der Waals surface area contributed by atoms with E-state index in [0.717, 1.165) is 44.5 Å². The highest BCUT2D eigenvalue weighted by Crippen LogP contribution is 2.31. The van der Waals surface area contributed by atoms with Gasteiger partial charge in [-0.25, -0.2) is 28.7 Å². The van der Waals surface area contributed by atoms with Gasteiger partial charge >= 0.3 is 0 Å². The molecule has 6 rings (SSSR count). The molecule has 0 radical (unpaired) electrons. The number of halogens is 2. The van der Waals surface area contributed by atoms with Crippen molar-refractivity contribution < 1.29 is 13.6 Å². The Balaban J connectivity index is 1.42. The summed E-state index contributed by atoms with van der Waals surface area (Å²) >= 11 is 0. The van der Waals surface area contributed by atoms with Crippen molar-refractivity contribution in [3.8, 4) is 11.3 Å². The lowest BCUT2D eigenvalue weighted by molar-refractivity contribution is 0.0944. The number of fused-ring (bicyclic) bond motifs is 6. The van der Waals surface area contributed by atoms with E-state index in [9.17, 15) is 9.18 Å². The summed E-state index contributed by atoms with van der Waals surface area (Å²) in [6, 6.07) is 4.30. The number of rotatable bonds is 3. The van der Waals surface area contributed by atoms with Crippen LogP contribution in [0.4, 0.5) is 20.5 Å². The molecule has 3 aromatic heterocycles. The minimum Gasteiger partial charge on any atom is -0.350 e. The highest BCUT2D eigenvalue weighted by atomic mass is 19.1. The maximum atomic E-state index is 15.2. The Labute approximate surface area is 230 Å². The summed E-state index contributed by atoms with van der Waals surface area (Å²) in [6.45, 7) is 11.5. The van der Waals surface area contributed by atoms with Crippen LogP contribution in [0.1, 0.15) is 41.6 Å². The van der Waals surface area contributed by atoms with Gasteiger partial charge in [-0.05, 0) is 44.2 Å². The van der Waals surface area contributed by atoms with E-state index in [1.165, 1.54) is 6.07 Å². The number of aromatic nitrogens is 5. The van der Waals surface area contributed by atoms with Gasteiger partial charge in [0.15, 0.2) is 11.6 Å². The van der Waals surface area contributed by atoms with Crippen molar-refractivity contribution in [3.63, 3.8) is 0 Å². The van der Waals surface area contributed by atoms with Crippen LogP contribution < -0.4 is 10.6 Å². The van der Waals surface area contributed by atoms with Crippen LogP contribution in [0.2, 0.25) is 0 Å². The van der Waals surface area contributed by atoms with Crippen molar-refractivity contribution in [1.29, 1.82) is 0 Å². The van der Waals surface area contributed by atoms with E-state index in [0.29, 0.717) is 29.3 Å². The Morgan fingerprint density at radius 1 is 1.00 bits per heavy atom. The minimum atomic E-state index is -0.687. The number of amides is 1. The molecular weight excluding hydrogens is 516 g/mol. The van der Waals surface area contributed by atoms with E-state index >= 15 is 4.39 Å². The third kappa shape index (κ3) is 4.88. The predicted molar refractivity (Wildman–Crippen MR) is 147 cm³/mol. The second-order valence-corrected chi connectivity index (χ2v) is 10.4. The van der Waals surface area contributed by atoms with Crippen LogP contribution in [0.3, 0.4) is 0 Å². The fraction of sp³-hybridized carbons (Fsp3) is 0.393. The van der Waals surface area contributed by atoms with E-state index in [1.54, 1.807) is 25.3 Å². The monoisotopic (exact) mass is 547 g/mol. The summed E-state index contributed by atoms with van der Waals surface area (Å²) in [7, 11) is 0. The number of pyridine rings is 1. The molecule has 5 heterocycles. The number of carbonyl (C=O) groups excluding carboxylic acids is 1. The molecule has 12 heteroatoms. The third-order valence-electron chi connectivity index (χ3n) is 7.72. The number of nitrogens with zero attached hydrogens (tertiary/aromatic N) is 7. The van der Waals surface area contributed by atoms with Crippen molar-refractivity contribution in [2.24, 2.45) is 0 Å². The van der Waals surface area contributed by atoms with Crippen molar-refractivity contribution in [2.45, 2.75) is 33.4 Å². The van der Waals surface area contributed by atoms with Crippen LogP contribution in [0.25, 0.3) is 22.3 Å². The topological polar surface area (TPSA) is 104 Å². The van der Waals surface area contributed by atoms with Gasteiger partial charge in [-0.1, -0.05) is 6.92 Å². The normalized spacial score (nSPS) is 18.3. The molecule has 0 aliphatic carbocycles. The zero-order valence-electron chi connectivity index (χ0n) is 22.7. The lowest BCUT2D eigenvalue weighted by Gasteiger charge is -2.34. The molecule has 208 valence electrons. The van der Waals surface area contributed by atoms with Crippen LogP contribution in [-0.2, 0) is 6.54 Å². The number of carbonyl (C=O) groups is 1. The Morgan fingerprint density at radius 2 is 1.77 bits per heavy atom. The van der Waals surface area contributed by atoms with Gasteiger partial charge in [-0.15, -0.1) is 0 Å². The largest absolute Gasteiger partial charge is 0.350 e. The smallest absolute Gasteiger partial charge is 0.251 e. The Kier molecular flexibility index (Phi) is 6.88. The van der Waals surface area contributed by atoms with Gasteiger partial charge in [0.25, 0.3) is 5.91 Å². The SMILES string of the molecule is CCN1CCN(Cc2cnc3cc2C(=O)NCC(C)n2c(C)nc4c(F)cc(cc42)-c2nc(ncc2F)N3)CC1. The Hall–Kier alpha value is -4.03. The van der Waals surface area contributed by atoms with E-state index in [-0.39, 0.29) is 41.2 Å². The molecular formula is C28H31F2N9O. The van der Waals surface area contributed by atoms with Crippen LogP contribution in [0.15, 0.2) is 30.6 Å². The van der Waals surface area contributed by atoms with Gasteiger partial charge < -0.3 is 20.1 Å². The standard InChI is InChI=1S/C28H31F2N9O/c1-4-37-5-7-38(8-6-37)15-19-13-31-24-11-20(19)27(40)32-12-16(2)39-17(3)34-26-21(29)9-18(10-23(26)39)25-22(30)14-33-28(35-24)36-25/h9-11,13-14,16H,4-8,12,15H2,1-3H3,(H,32,40)(H,31,33,35,36). The summed E-state index contributed by atoms with van der Waals surface area (Å²) in [5.41, 5.74) is 2.17. The zero-order valence-corrected chi connectivity index (χ0v) is 22.7. The number of aryl methyl sites for hydroxylation is 1. The highest BCUT2D eigenvalue weighted by molar-refractivity contribution is 5.96. The van der Waals surface area contributed by atoms with Gasteiger partial charge in [-0.2, -0.15) is 0 Å².